The maximum absolute atomic E-state index is 6.49. The van der Waals surface area contributed by atoms with Gasteiger partial charge in [-0.15, -0.1) is 5.10 Å². The van der Waals surface area contributed by atoms with Gasteiger partial charge in [0.15, 0.2) is 11.5 Å². The number of methoxy groups -OCH3 is 1. The minimum atomic E-state index is -0.168. The summed E-state index contributed by atoms with van der Waals surface area (Å²) in [7, 11) is 1.67. The van der Waals surface area contributed by atoms with Gasteiger partial charge in [0, 0.05) is 22.4 Å². The van der Waals surface area contributed by atoms with Gasteiger partial charge in [0.25, 0.3) is 0 Å². The average Bonchev–Trinajstić information content (AvgIpc) is 3.36. The van der Waals surface area contributed by atoms with Crippen molar-refractivity contribution >= 4 is 28.0 Å². The van der Waals surface area contributed by atoms with Gasteiger partial charge in [-0.3, -0.25) is 0 Å². The Hall–Kier alpha value is -4.42. The van der Waals surface area contributed by atoms with Crippen molar-refractivity contribution in [1.29, 1.82) is 0 Å². The maximum Gasteiger partial charge on any atom is 0.228 e. The lowest BCUT2D eigenvalue weighted by atomic mass is 9.83. The number of fused-ring (bicyclic) bond motifs is 6. The quantitative estimate of drug-likeness (QED) is 0.270. The van der Waals surface area contributed by atoms with Crippen LogP contribution in [0.5, 0.6) is 17.4 Å². The fraction of sp³-hybridized carbons (Fsp3) is 0.0690. The molecule has 0 amide bonds. The van der Waals surface area contributed by atoms with Crippen molar-refractivity contribution in [2.45, 2.75) is 5.92 Å². The van der Waals surface area contributed by atoms with E-state index in [4.69, 9.17) is 31.2 Å². The second-order valence-electron chi connectivity index (χ2n) is 8.66. The third kappa shape index (κ3) is 3.15. The van der Waals surface area contributed by atoms with Crippen LogP contribution in [0.2, 0.25) is 5.02 Å². The summed E-state index contributed by atoms with van der Waals surface area (Å²) in [5, 5.41) is 7.44. The van der Waals surface area contributed by atoms with E-state index in [0.29, 0.717) is 22.4 Å². The zero-order valence-corrected chi connectivity index (χ0v) is 20.0. The molecule has 7 rings (SSSR count). The number of hydrogen-bond donors (Lipinski definition) is 0. The van der Waals surface area contributed by atoms with Gasteiger partial charge < -0.3 is 9.47 Å². The van der Waals surface area contributed by atoms with Crippen LogP contribution in [-0.4, -0.2) is 26.7 Å². The van der Waals surface area contributed by atoms with Gasteiger partial charge in [-0.2, -0.15) is 0 Å². The van der Waals surface area contributed by atoms with Crippen molar-refractivity contribution in [3.05, 3.63) is 113 Å². The van der Waals surface area contributed by atoms with Gasteiger partial charge in [0.05, 0.1) is 17.7 Å². The molecule has 0 radical (unpaired) electrons. The topological polar surface area (TPSA) is 61.5 Å². The first-order chi connectivity index (χ1) is 17.7. The zero-order valence-electron chi connectivity index (χ0n) is 19.2. The van der Waals surface area contributed by atoms with Crippen LogP contribution in [0, 0.1) is 0 Å². The Morgan fingerprint density at radius 2 is 1.72 bits per heavy atom. The fourth-order valence-corrected chi connectivity index (χ4v) is 5.17. The van der Waals surface area contributed by atoms with E-state index < -0.39 is 0 Å². The van der Waals surface area contributed by atoms with E-state index in [1.54, 1.807) is 18.0 Å². The largest absolute Gasteiger partial charge is 0.497 e. The molecule has 0 aliphatic carbocycles. The second kappa shape index (κ2) is 8.07. The van der Waals surface area contributed by atoms with Crippen molar-refractivity contribution in [1.82, 2.24) is 19.6 Å². The molecule has 4 aromatic carbocycles. The van der Waals surface area contributed by atoms with Crippen molar-refractivity contribution < 1.29 is 9.47 Å². The first-order valence-corrected chi connectivity index (χ1v) is 11.9. The van der Waals surface area contributed by atoms with Crippen molar-refractivity contribution in [3.63, 3.8) is 0 Å². The van der Waals surface area contributed by atoms with E-state index in [9.17, 15) is 0 Å². The van der Waals surface area contributed by atoms with E-state index in [-0.39, 0.29) is 5.92 Å². The molecule has 6 nitrogen and oxygen atoms in total. The third-order valence-electron chi connectivity index (χ3n) is 6.66. The van der Waals surface area contributed by atoms with E-state index in [1.165, 1.54) is 0 Å². The summed E-state index contributed by atoms with van der Waals surface area (Å²) in [6.07, 6.45) is 1.64. The highest BCUT2D eigenvalue weighted by molar-refractivity contribution is 6.33. The normalized spacial score (nSPS) is 14.3. The molecular weight excluding hydrogens is 472 g/mol. The molecule has 0 fully saturated rings. The van der Waals surface area contributed by atoms with Crippen LogP contribution >= 0.6 is 11.6 Å². The Labute approximate surface area is 211 Å². The molecule has 0 saturated carbocycles. The number of halogens is 1. The van der Waals surface area contributed by atoms with Crippen LogP contribution in [0.15, 0.2) is 91.3 Å². The van der Waals surface area contributed by atoms with Gasteiger partial charge in [0.2, 0.25) is 5.88 Å². The molecule has 1 unspecified atom stereocenters. The molecular formula is C29H19ClN4O2. The average molecular weight is 491 g/mol. The number of rotatable bonds is 3. The zero-order chi connectivity index (χ0) is 24.2. The standard InChI is InChI=1S/C29H19ClN4O2/c1-35-19-13-10-18(11-14-19)24-22-15-12-17-6-2-3-7-20(17)26(22)36-29-25(24)28-32-27(33-34(28)16-31-29)21-8-4-5-9-23(21)30/h2-16,24H,1H3. The summed E-state index contributed by atoms with van der Waals surface area (Å²) in [6, 6.07) is 28.1. The summed E-state index contributed by atoms with van der Waals surface area (Å²) in [5.41, 5.74) is 4.42. The van der Waals surface area contributed by atoms with Gasteiger partial charge in [0.1, 0.15) is 17.8 Å². The van der Waals surface area contributed by atoms with E-state index in [1.807, 2.05) is 48.5 Å². The predicted molar refractivity (Wildman–Crippen MR) is 139 cm³/mol. The molecule has 2 aromatic heterocycles. The molecule has 0 bridgehead atoms. The second-order valence-corrected chi connectivity index (χ2v) is 9.07. The molecule has 36 heavy (non-hydrogen) atoms. The lowest BCUT2D eigenvalue weighted by molar-refractivity contribution is 0.414. The molecule has 174 valence electrons. The molecule has 1 aliphatic heterocycles. The molecule has 1 aliphatic rings. The molecule has 6 aromatic rings. The Morgan fingerprint density at radius 3 is 2.56 bits per heavy atom. The minimum absolute atomic E-state index is 0.168. The molecule has 7 heteroatoms. The fourth-order valence-electron chi connectivity index (χ4n) is 4.95. The summed E-state index contributed by atoms with van der Waals surface area (Å²) in [5.74, 6) is 2.49. The SMILES string of the molecule is COc1ccc(C2c3ccc4ccccc4c3Oc3ncn4nc(-c5ccccc5Cl)nc4c32)cc1. The molecule has 0 spiro atoms. The minimum Gasteiger partial charge on any atom is -0.497 e. The predicted octanol–water partition coefficient (Wildman–Crippen LogP) is 6.89. The van der Waals surface area contributed by atoms with Crippen LogP contribution in [-0.2, 0) is 0 Å². The Balaban J connectivity index is 1.51. The molecule has 1 atom stereocenters. The molecule has 3 heterocycles. The van der Waals surface area contributed by atoms with Crippen LogP contribution in [0.25, 0.3) is 27.8 Å². The summed E-state index contributed by atoms with van der Waals surface area (Å²) in [4.78, 5) is 9.60. The molecule has 0 saturated heterocycles. The van der Waals surface area contributed by atoms with Crippen LogP contribution in [0.1, 0.15) is 22.6 Å². The lowest BCUT2D eigenvalue weighted by Gasteiger charge is -2.28. The monoisotopic (exact) mass is 490 g/mol. The first-order valence-electron chi connectivity index (χ1n) is 11.5. The number of aromatic nitrogens is 4. The Kier molecular flexibility index (Phi) is 4.69. The highest BCUT2D eigenvalue weighted by Crippen LogP contribution is 2.50. The van der Waals surface area contributed by atoms with E-state index in [2.05, 4.69) is 41.4 Å². The summed E-state index contributed by atoms with van der Waals surface area (Å²) in [6.45, 7) is 0. The van der Waals surface area contributed by atoms with Crippen molar-refractivity contribution in [2.75, 3.05) is 7.11 Å². The van der Waals surface area contributed by atoms with Gasteiger partial charge >= 0.3 is 0 Å². The number of benzene rings is 4. The Bertz CT molecular complexity index is 1780. The van der Waals surface area contributed by atoms with Gasteiger partial charge in [-0.1, -0.05) is 72.3 Å². The number of ether oxygens (including phenoxy) is 2. The highest BCUT2D eigenvalue weighted by atomic mass is 35.5. The van der Waals surface area contributed by atoms with Crippen molar-refractivity contribution in [3.8, 4) is 28.8 Å². The van der Waals surface area contributed by atoms with Gasteiger partial charge in [-0.25, -0.2) is 14.5 Å². The molecule has 0 N–H and O–H groups in total. The van der Waals surface area contributed by atoms with Crippen molar-refractivity contribution in [2.24, 2.45) is 0 Å². The Morgan fingerprint density at radius 1 is 0.917 bits per heavy atom. The number of nitrogens with zero attached hydrogens (tertiary/aromatic N) is 4. The highest BCUT2D eigenvalue weighted by Gasteiger charge is 2.34. The van der Waals surface area contributed by atoms with Crippen LogP contribution in [0.3, 0.4) is 0 Å². The lowest BCUT2D eigenvalue weighted by Crippen LogP contribution is -2.15. The maximum atomic E-state index is 6.49. The van der Waals surface area contributed by atoms with E-state index in [0.717, 1.165) is 44.5 Å². The summed E-state index contributed by atoms with van der Waals surface area (Å²) < 4.78 is 13.6. The van der Waals surface area contributed by atoms with E-state index >= 15 is 0 Å². The van der Waals surface area contributed by atoms with Crippen LogP contribution < -0.4 is 9.47 Å². The summed E-state index contributed by atoms with van der Waals surface area (Å²) >= 11 is 6.46. The smallest absolute Gasteiger partial charge is 0.228 e. The van der Waals surface area contributed by atoms with Crippen LogP contribution in [0.4, 0.5) is 0 Å². The first kappa shape index (κ1) is 20.9. The number of hydrogen-bond acceptors (Lipinski definition) is 5. The third-order valence-corrected chi connectivity index (χ3v) is 6.99. The van der Waals surface area contributed by atoms with Gasteiger partial charge in [-0.05, 0) is 35.2 Å².